The standard InChI is InChI=1S/C11H9Cl2NO3.C9H8O4/c12-8-2-1-7(4-9(8)13)14-5-6(11(16)17)3-10(14)15;1-6(10)13-8-4-2-3-7(5-8)9(11)12/h1-2,4,6H,3,5H2,(H,16,17);2-5H,1H3,(H,11,12). The molecular formula is C20H17Cl2NO7. The van der Waals surface area contributed by atoms with E-state index in [1.807, 2.05) is 0 Å². The SMILES string of the molecule is CC(=O)Oc1cccc(C(=O)O)c1.O=C(O)C1CC(=O)N(c2ccc(Cl)c(Cl)c2)C1. The lowest BCUT2D eigenvalue weighted by molar-refractivity contribution is -0.141. The number of nitrogens with zero attached hydrogens (tertiary/aromatic N) is 1. The van der Waals surface area contributed by atoms with Gasteiger partial charge in [0.15, 0.2) is 0 Å². The van der Waals surface area contributed by atoms with Gasteiger partial charge in [0.2, 0.25) is 5.91 Å². The van der Waals surface area contributed by atoms with Crippen LogP contribution in [-0.4, -0.2) is 40.6 Å². The van der Waals surface area contributed by atoms with Crippen LogP contribution in [0.2, 0.25) is 10.0 Å². The Hall–Kier alpha value is -3.10. The maximum absolute atomic E-state index is 11.7. The Kier molecular flexibility index (Phi) is 7.79. The third-order valence-electron chi connectivity index (χ3n) is 4.03. The molecule has 2 N–H and O–H groups in total. The van der Waals surface area contributed by atoms with E-state index >= 15 is 0 Å². The van der Waals surface area contributed by atoms with Gasteiger partial charge in [0.05, 0.1) is 21.5 Å². The first kappa shape index (κ1) is 23.2. The van der Waals surface area contributed by atoms with E-state index in [1.54, 1.807) is 18.2 Å². The molecule has 0 saturated carbocycles. The number of carbonyl (C=O) groups is 4. The number of hydrogen-bond donors (Lipinski definition) is 2. The number of benzene rings is 2. The molecule has 1 atom stereocenters. The fourth-order valence-electron chi connectivity index (χ4n) is 2.63. The Morgan fingerprint density at radius 2 is 1.77 bits per heavy atom. The van der Waals surface area contributed by atoms with Crippen molar-refractivity contribution < 1.29 is 34.1 Å². The van der Waals surface area contributed by atoms with Crippen molar-refractivity contribution in [3.63, 3.8) is 0 Å². The van der Waals surface area contributed by atoms with E-state index in [4.69, 9.17) is 38.2 Å². The van der Waals surface area contributed by atoms with Crippen LogP contribution in [-0.2, 0) is 14.4 Å². The smallest absolute Gasteiger partial charge is 0.335 e. The quantitative estimate of drug-likeness (QED) is 0.533. The van der Waals surface area contributed by atoms with Gasteiger partial charge in [0.25, 0.3) is 0 Å². The van der Waals surface area contributed by atoms with E-state index in [0.29, 0.717) is 15.7 Å². The zero-order chi connectivity index (χ0) is 22.4. The molecule has 158 valence electrons. The summed E-state index contributed by atoms with van der Waals surface area (Å²) in [5, 5.41) is 18.2. The van der Waals surface area contributed by atoms with Crippen molar-refractivity contribution in [1.82, 2.24) is 0 Å². The molecule has 0 radical (unpaired) electrons. The molecule has 1 heterocycles. The van der Waals surface area contributed by atoms with Gasteiger partial charge in [0.1, 0.15) is 5.75 Å². The minimum absolute atomic E-state index is 0.0234. The molecule has 1 saturated heterocycles. The molecule has 0 aromatic heterocycles. The molecule has 0 spiro atoms. The largest absolute Gasteiger partial charge is 0.481 e. The summed E-state index contributed by atoms with van der Waals surface area (Å²) in [4.78, 5) is 44.9. The van der Waals surface area contributed by atoms with Crippen molar-refractivity contribution >= 4 is 52.7 Å². The number of carboxylic acids is 2. The van der Waals surface area contributed by atoms with Crippen LogP contribution in [0.3, 0.4) is 0 Å². The molecule has 1 aliphatic heterocycles. The van der Waals surface area contributed by atoms with Crippen LogP contribution in [0.5, 0.6) is 5.75 Å². The van der Waals surface area contributed by atoms with Crippen LogP contribution in [0.4, 0.5) is 5.69 Å². The third-order valence-corrected chi connectivity index (χ3v) is 4.77. The number of rotatable bonds is 4. The summed E-state index contributed by atoms with van der Waals surface area (Å²) in [7, 11) is 0. The first-order valence-corrected chi connectivity index (χ1v) is 9.34. The Morgan fingerprint density at radius 1 is 1.07 bits per heavy atom. The molecule has 0 bridgehead atoms. The zero-order valence-corrected chi connectivity index (χ0v) is 17.2. The number of aromatic carboxylic acids is 1. The van der Waals surface area contributed by atoms with Gasteiger partial charge in [-0.05, 0) is 36.4 Å². The predicted octanol–water partition coefficient (Wildman–Crippen LogP) is 3.74. The molecule has 1 unspecified atom stereocenters. The average Bonchev–Trinajstić information content (AvgIpc) is 3.06. The Bertz CT molecular complexity index is 993. The van der Waals surface area contributed by atoms with Crippen molar-refractivity contribution in [2.75, 3.05) is 11.4 Å². The van der Waals surface area contributed by atoms with E-state index in [2.05, 4.69) is 0 Å². The van der Waals surface area contributed by atoms with Crippen LogP contribution in [0.1, 0.15) is 23.7 Å². The van der Waals surface area contributed by atoms with Crippen molar-refractivity contribution in [1.29, 1.82) is 0 Å². The van der Waals surface area contributed by atoms with Gasteiger partial charge >= 0.3 is 17.9 Å². The van der Waals surface area contributed by atoms with Crippen molar-refractivity contribution in [3.05, 3.63) is 58.1 Å². The zero-order valence-electron chi connectivity index (χ0n) is 15.7. The maximum atomic E-state index is 11.7. The lowest BCUT2D eigenvalue weighted by Crippen LogP contribution is -2.25. The number of esters is 1. The summed E-state index contributed by atoms with van der Waals surface area (Å²) in [5.41, 5.74) is 0.673. The monoisotopic (exact) mass is 453 g/mol. The van der Waals surface area contributed by atoms with E-state index < -0.39 is 23.8 Å². The molecule has 1 amide bonds. The summed E-state index contributed by atoms with van der Waals surface area (Å²) in [6.07, 6.45) is 0.0234. The van der Waals surface area contributed by atoms with Gasteiger partial charge < -0.3 is 19.8 Å². The van der Waals surface area contributed by atoms with Crippen molar-refractivity contribution in [2.45, 2.75) is 13.3 Å². The number of ether oxygens (including phenoxy) is 1. The van der Waals surface area contributed by atoms with E-state index in [1.165, 1.54) is 36.1 Å². The predicted molar refractivity (Wildman–Crippen MR) is 109 cm³/mol. The first-order chi connectivity index (χ1) is 14.1. The topological polar surface area (TPSA) is 121 Å². The summed E-state index contributed by atoms with van der Waals surface area (Å²) >= 11 is 11.6. The van der Waals surface area contributed by atoms with Crippen LogP contribution < -0.4 is 9.64 Å². The molecule has 10 heteroatoms. The fourth-order valence-corrected chi connectivity index (χ4v) is 2.93. The summed E-state index contributed by atoms with van der Waals surface area (Å²) in [6.45, 7) is 1.43. The average molecular weight is 454 g/mol. The van der Waals surface area contributed by atoms with Crippen LogP contribution in [0.25, 0.3) is 0 Å². The minimum atomic E-state index is -1.05. The third kappa shape index (κ3) is 6.20. The second-order valence-corrected chi connectivity index (χ2v) is 7.08. The van der Waals surface area contributed by atoms with Crippen LogP contribution >= 0.6 is 23.2 Å². The highest BCUT2D eigenvalue weighted by Crippen LogP contribution is 2.30. The Morgan fingerprint density at radius 3 is 2.30 bits per heavy atom. The van der Waals surface area contributed by atoms with Gasteiger partial charge in [-0.15, -0.1) is 0 Å². The number of carbonyl (C=O) groups excluding carboxylic acids is 2. The first-order valence-electron chi connectivity index (χ1n) is 8.58. The number of halogens is 2. The van der Waals surface area contributed by atoms with Gasteiger partial charge in [-0.1, -0.05) is 29.3 Å². The summed E-state index contributed by atoms with van der Waals surface area (Å²) in [6, 6.07) is 10.6. The van der Waals surface area contributed by atoms with Gasteiger partial charge in [-0.3, -0.25) is 14.4 Å². The minimum Gasteiger partial charge on any atom is -0.481 e. The molecule has 1 aliphatic rings. The van der Waals surface area contributed by atoms with Crippen molar-refractivity contribution in [3.8, 4) is 5.75 Å². The second kappa shape index (κ2) is 10.1. The number of hydrogen-bond acceptors (Lipinski definition) is 5. The molecule has 3 rings (SSSR count). The van der Waals surface area contributed by atoms with Crippen LogP contribution in [0.15, 0.2) is 42.5 Å². The number of aliphatic carboxylic acids is 1. The molecule has 1 fully saturated rings. The van der Waals surface area contributed by atoms with Crippen LogP contribution in [0, 0.1) is 5.92 Å². The summed E-state index contributed by atoms with van der Waals surface area (Å²) in [5.74, 6) is -3.10. The molecule has 2 aromatic carbocycles. The number of anilines is 1. The molecule has 8 nitrogen and oxygen atoms in total. The van der Waals surface area contributed by atoms with Crippen molar-refractivity contribution in [2.24, 2.45) is 5.92 Å². The molecule has 2 aromatic rings. The van der Waals surface area contributed by atoms with E-state index in [-0.39, 0.29) is 30.2 Å². The van der Waals surface area contributed by atoms with Gasteiger partial charge in [-0.2, -0.15) is 0 Å². The highest BCUT2D eigenvalue weighted by atomic mass is 35.5. The Labute approximate surface area is 181 Å². The lowest BCUT2D eigenvalue weighted by Gasteiger charge is -2.16. The van der Waals surface area contributed by atoms with E-state index in [0.717, 1.165) is 0 Å². The lowest BCUT2D eigenvalue weighted by atomic mass is 10.1. The summed E-state index contributed by atoms with van der Waals surface area (Å²) < 4.78 is 4.70. The van der Waals surface area contributed by atoms with E-state index in [9.17, 15) is 19.2 Å². The highest BCUT2D eigenvalue weighted by Gasteiger charge is 2.35. The maximum Gasteiger partial charge on any atom is 0.335 e. The number of carboxylic acid groups (broad SMARTS) is 2. The Balaban J connectivity index is 0.000000222. The van der Waals surface area contributed by atoms with Gasteiger partial charge in [0, 0.05) is 25.6 Å². The number of amides is 1. The highest BCUT2D eigenvalue weighted by molar-refractivity contribution is 6.42. The molecular weight excluding hydrogens is 437 g/mol. The molecule has 30 heavy (non-hydrogen) atoms. The molecule has 0 aliphatic carbocycles. The normalized spacial score (nSPS) is 15.2. The second-order valence-electron chi connectivity index (χ2n) is 6.27. The fraction of sp³-hybridized carbons (Fsp3) is 0.200. The van der Waals surface area contributed by atoms with Gasteiger partial charge in [-0.25, -0.2) is 4.79 Å².